The monoisotopic (exact) mass is 273 g/mol. The molecular formula is C16H23N3O. The Morgan fingerprint density at radius 1 is 1.25 bits per heavy atom. The number of aromatic nitrogens is 2. The first-order valence-electron chi connectivity index (χ1n) is 7.45. The van der Waals surface area contributed by atoms with Crippen molar-refractivity contribution in [2.45, 2.75) is 19.3 Å². The lowest BCUT2D eigenvalue weighted by molar-refractivity contribution is 0.170. The van der Waals surface area contributed by atoms with Crippen molar-refractivity contribution in [1.82, 2.24) is 9.78 Å². The molecule has 0 N–H and O–H groups in total. The molecule has 4 heteroatoms. The van der Waals surface area contributed by atoms with Crippen LogP contribution >= 0.6 is 0 Å². The highest BCUT2D eigenvalue weighted by Gasteiger charge is 2.22. The van der Waals surface area contributed by atoms with Crippen LogP contribution in [0.15, 0.2) is 24.3 Å². The molecule has 108 valence electrons. The standard InChI is InChI=1S/C16H23N3O/c1-18-15-6-4-3-5-14(15)16(17-18)19-10-7-13(8-11-19)9-12-20-2/h3-6,13H,7-12H2,1-2H3. The first-order valence-corrected chi connectivity index (χ1v) is 7.45. The van der Waals surface area contributed by atoms with E-state index in [2.05, 4.69) is 29.2 Å². The number of piperidine rings is 1. The van der Waals surface area contributed by atoms with Gasteiger partial charge in [0.25, 0.3) is 0 Å². The smallest absolute Gasteiger partial charge is 0.158 e. The molecule has 0 amide bonds. The SMILES string of the molecule is COCCC1CCN(c2nn(C)c3ccccc23)CC1. The van der Waals surface area contributed by atoms with Crippen LogP contribution in [-0.4, -0.2) is 36.6 Å². The number of hydrogen-bond donors (Lipinski definition) is 0. The second-order valence-corrected chi connectivity index (χ2v) is 5.68. The van der Waals surface area contributed by atoms with Gasteiger partial charge in [-0.25, -0.2) is 0 Å². The Morgan fingerprint density at radius 2 is 2.00 bits per heavy atom. The molecule has 20 heavy (non-hydrogen) atoms. The van der Waals surface area contributed by atoms with Gasteiger partial charge < -0.3 is 9.64 Å². The Morgan fingerprint density at radius 3 is 2.75 bits per heavy atom. The van der Waals surface area contributed by atoms with Gasteiger partial charge in [-0.1, -0.05) is 12.1 Å². The van der Waals surface area contributed by atoms with Crippen LogP contribution in [0, 0.1) is 5.92 Å². The van der Waals surface area contributed by atoms with Crippen LogP contribution in [-0.2, 0) is 11.8 Å². The zero-order valence-corrected chi connectivity index (χ0v) is 12.4. The van der Waals surface area contributed by atoms with Crippen LogP contribution in [0.3, 0.4) is 0 Å². The second-order valence-electron chi connectivity index (χ2n) is 5.68. The van der Waals surface area contributed by atoms with Gasteiger partial charge in [-0.05, 0) is 37.3 Å². The molecule has 1 aliphatic rings. The molecule has 1 aliphatic heterocycles. The number of para-hydroxylation sites is 1. The van der Waals surface area contributed by atoms with E-state index in [1.54, 1.807) is 7.11 Å². The van der Waals surface area contributed by atoms with E-state index in [0.29, 0.717) is 0 Å². The maximum atomic E-state index is 5.19. The Hall–Kier alpha value is -1.55. The summed E-state index contributed by atoms with van der Waals surface area (Å²) < 4.78 is 7.18. The first kappa shape index (κ1) is 13.4. The van der Waals surface area contributed by atoms with E-state index >= 15 is 0 Å². The average Bonchev–Trinajstić information content (AvgIpc) is 2.83. The van der Waals surface area contributed by atoms with Gasteiger partial charge in [0.15, 0.2) is 5.82 Å². The summed E-state index contributed by atoms with van der Waals surface area (Å²) in [7, 11) is 3.81. The summed E-state index contributed by atoms with van der Waals surface area (Å²) >= 11 is 0. The predicted molar refractivity (Wildman–Crippen MR) is 82.1 cm³/mol. The Bertz CT molecular complexity index is 570. The molecule has 1 aromatic carbocycles. The molecule has 0 spiro atoms. The molecule has 2 aromatic rings. The summed E-state index contributed by atoms with van der Waals surface area (Å²) in [6.07, 6.45) is 3.68. The first-order chi connectivity index (χ1) is 9.79. The van der Waals surface area contributed by atoms with Crippen molar-refractivity contribution in [3.05, 3.63) is 24.3 Å². The number of benzene rings is 1. The van der Waals surface area contributed by atoms with E-state index < -0.39 is 0 Å². The third kappa shape index (κ3) is 2.52. The number of anilines is 1. The molecule has 0 atom stereocenters. The summed E-state index contributed by atoms with van der Waals surface area (Å²) in [4.78, 5) is 2.44. The Labute approximate surface area is 120 Å². The minimum Gasteiger partial charge on any atom is -0.385 e. The van der Waals surface area contributed by atoms with Gasteiger partial charge in [0, 0.05) is 39.2 Å². The van der Waals surface area contributed by atoms with Crippen LogP contribution in [0.2, 0.25) is 0 Å². The quantitative estimate of drug-likeness (QED) is 0.858. The fourth-order valence-electron chi connectivity index (χ4n) is 3.15. The minimum atomic E-state index is 0.807. The van der Waals surface area contributed by atoms with E-state index in [-0.39, 0.29) is 0 Å². The predicted octanol–water partition coefficient (Wildman–Crippen LogP) is 2.83. The largest absolute Gasteiger partial charge is 0.385 e. The van der Waals surface area contributed by atoms with Gasteiger partial charge in [0.2, 0.25) is 0 Å². The number of fused-ring (bicyclic) bond motifs is 1. The Kier molecular flexibility index (Phi) is 3.92. The third-order valence-electron chi connectivity index (χ3n) is 4.38. The molecule has 0 aliphatic carbocycles. The van der Waals surface area contributed by atoms with E-state index in [1.165, 1.54) is 30.2 Å². The van der Waals surface area contributed by atoms with Crippen LogP contribution in [0.4, 0.5) is 5.82 Å². The van der Waals surface area contributed by atoms with Gasteiger partial charge in [-0.2, -0.15) is 5.10 Å². The summed E-state index contributed by atoms with van der Waals surface area (Å²) in [5.74, 6) is 1.95. The van der Waals surface area contributed by atoms with Crippen LogP contribution in [0.1, 0.15) is 19.3 Å². The van der Waals surface area contributed by atoms with Gasteiger partial charge in [0.05, 0.1) is 5.52 Å². The topological polar surface area (TPSA) is 30.3 Å². The molecular weight excluding hydrogens is 250 g/mol. The third-order valence-corrected chi connectivity index (χ3v) is 4.38. The van der Waals surface area contributed by atoms with Crippen molar-refractivity contribution in [1.29, 1.82) is 0 Å². The second kappa shape index (κ2) is 5.83. The van der Waals surface area contributed by atoms with E-state index in [0.717, 1.165) is 31.4 Å². The van der Waals surface area contributed by atoms with Crippen molar-refractivity contribution >= 4 is 16.7 Å². The van der Waals surface area contributed by atoms with Gasteiger partial charge in [-0.3, -0.25) is 4.68 Å². The normalized spacial score (nSPS) is 17.0. The zero-order chi connectivity index (χ0) is 13.9. The summed E-state index contributed by atoms with van der Waals surface area (Å²) in [6, 6.07) is 8.48. The molecule has 1 fully saturated rings. The average molecular weight is 273 g/mol. The highest BCUT2D eigenvalue weighted by atomic mass is 16.5. The lowest BCUT2D eigenvalue weighted by Gasteiger charge is -2.32. The van der Waals surface area contributed by atoms with E-state index in [9.17, 15) is 0 Å². The molecule has 0 unspecified atom stereocenters. The number of nitrogens with zero attached hydrogens (tertiary/aromatic N) is 3. The highest BCUT2D eigenvalue weighted by molar-refractivity contribution is 5.90. The van der Waals surface area contributed by atoms with Crippen molar-refractivity contribution in [3.8, 4) is 0 Å². The summed E-state index contributed by atoms with van der Waals surface area (Å²) in [5, 5.41) is 5.99. The molecule has 4 nitrogen and oxygen atoms in total. The number of methoxy groups -OCH3 is 1. The maximum absolute atomic E-state index is 5.19. The summed E-state index contributed by atoms with van der Waals surface area (Å²) in [5.41, 5.74) is 1.21. The van der Waals surface area contributed by atoms with Gasteiger partial charge >= 0.3 is 0 Å². The fraction of sp³-hybridized carbons (Fsp3) is 0.562. The number of aryl methyl sites for hydroxylation is 1. The van der Waals surface area contributed by atoms with Crippen LogP contribution < -0.4 is 4.90 Å². The fourth-order valence-corrected chi connectivity index (χ4v) is 3.15. The maximum Gasteiger partial charge on any atom is 0.158 e. The molecule has 3 rings (SSSR count). The van der Waals surface area contributed by atoms with Crippen molar-refractivity contribution < 1.29 is 4.74 Å². The van der Waals surface area contributed by atoms with Crippen LogP contribution in [0.5, 0.6) is 0 Å². The Balaban J connectivity index is 1.74. The lowest BCUT2D eigenvalue weighted by Crippen LogP contribution is -2.34. The number of hydrogen-bond acceptors (Lipinski definition) is 3. The van der Waals surface area contributed by atoms with Crippen LogP contribution in [0.25, 0.3) is 10.9 Å². The zero-order valence-electron chi connectivity index (χ0n) is 12.4. The number of ether oxygens (including phenoxy) is 1. The van der Waals surface area contributed by atoms with Gasteiger partial charge in [-0.15, -0.1) is 0 Å². The van der Waals surface area contributed by atoms with Gasteiger partial charge in [0.1, 0.15) is 0 Å². The number of rotatable bonds is 4. The molecule has 0 bridgehead atoms. The van der Waals surface area contributed by atoms with Crippen molar-refractivity contribution in [3.63, 3.8) is 0 Å². The van der Waals surface area contributed by atoms with E-state index in [4.69, 9.17) is 9.84 Å². The molecule has 1 aromatic heterocycles. The van der Waals surface area contributed by atoms with Crippen molar-refractivity contribution in [2.24, 2.45) is 13.0 Å². The molecule has 1 saturated heterocycles. The van der Waals surface area contributed by atoms with Crippen molar-refractivity contribution in [2.75, 3.05) is 31.7 Å². The lowest BCUT2D eigenvalue weighted by atomic mass is 9.94. The summed E-state index contributed by atoms with van der Waals surface area (Å²) in [6.45, 7) is 3.10. The highest BCUT2D eigenvalue weighted by Crippen LogP contribution is 2.29. The molecule has 2 heterocycles. The van der Waals surface area contributed by atoms with E-state index in [1.807, 2.05) is 11.7 Å². The molecule has 0 saturated carbocycles. The minimum absolute atomic E-state index is 0.807. The molecule has 0 radical (unpaired) electrons.